The highest BCUT2D eigenvalue weighted by Gasteiger charge is 2.30. The molecule has 1 aromatic heterocycles. The van der Waals surface area contributed by atoms with Gasteiger partial charge in [0.25, 0.3) is 0 Å². The Labute approximate surface area is 156 Å². The minimum atomic E-state index is 0.458. The van der Waals surface area contributed by atoms with Crippen LogP contribution in [0.2, 0.25) is 0 Å². The van der Waals surface area contributed by atoms with Gasteiger partial charge in [0.2, 0.25) is 0 Å². The fraction of sp³-hybridized carbons (Fsp3) is 0.545. The molecule has 1 aliphatic carbocycles. The van der Waals surface area contributed by atoms with E-state index in [1.807, 2.05) is 24.4 Å². The van der Waals surface area contributed by atoms with Crippen LogP contribution in [0.25, 0.3) is 11.3 Å². The van der Waals surface area contributed by atoms with E-state index in [4.69, 9.17) is 14.7 Å². The number of methoxy groups -OCH3 is 1. The summed E-state index contributed by atoms with van der Waals surface area (Å²) in [4.78, 5) is 12.2. The van der Waals surface area contributed by atoms with E-state index in [-0.39, 0.29) is 0 Å². The Balaban J connectivity index is 1.61. The molecule has 26 heavy (non-hydrogen) atoms. The van der Waals surface area contributed by atoms with Crippen LogP contribution in [0, 0.1) is 0 Å². The first-order valence-electron chi connectivity index (χ1n) is 10.0. The highest BCUT2D eigenvalue weighted by atomic mass is 16.5. The molecule has 138 valence electrons. The van der Waals surface area contributed by atoms with E-state index < -0.39 is 0 Å². The first kappa shape index (κ1) is 17.5. The lowest BCUT2D eigenvalue weighted by Crippen LogP contribution is -2.43. The number of hydrogen-bond acceptors (Lipinski definition) is 4. The van der Waals surface area contributed by atoms with Crippen molar-refractivity contribution in [3.8, 4) is 17.0 Å². The summed E-state index contributed by atoms with van der Waals surface area (Å²) in [6.45, 7) is 2.36. The van der Waals surface area contributed by atoms with E-state index >= 15 is 0 Å². The fourth-order valence-corrected chi connectivity index (χ4v) is 4.70. The Kier molecular flexibility index (Phi) is 5.49. The molecule has 0 N–H and O–H groups in total. The summed E-state index contributed by atoms with van der Waals surface area (Å²) in [5, 5.41) is 0. The molecule has 0 bridgehead atoms. The number of hydrogen-bond donors (Lipinski definition) is 0. The molecular formula is C22H29N3O. The van der Waals surface area contributed by atoms with Crippen LogP contribution in [0.4, 0.5) is 0 Å². The van der Waals surface area contributed by atoms with Crippen LogP contribution >= 0.6 is 0 Å². The van der Waals surface area contributed by atoms with Crippen LogP contribution in [0.15, 0.2) is 36.7 Å². The summed E-state index contributed by atoms with van der Waals surface area (Å²) in [6, 6.07) is 8.92. The first-order valence-corrected chi connectivity index (χ1v) is 10.0. The molecule has 1 unspecified atom stereocenters. The van der Waals surface area contributed by atoms with Crippen LogP contribution in [0.3, 0.4) is 0 Å². The number of para-hydroxylation sites is 1. The second-order valence-corrected chi connectivity index (χ2v) is 7.62. The van der Waals surface area contributed by atoms with Gasteiger partial charge in [-0.25, -0.2) is 0 Å². The average molecular weight is 351 g/mol. The molecule has 2 fully saturated rings. The molecule has 2 heterocycles. The van der Waals surface area contributed by atoms with Gasteiger partial charge in [0.05, 0.1) is 18.5 Å². The maximum absolute atomic E-state index is 5.58. The number of benzene rings is 1. The van der Waals surface area contributed by atoms with Crippen molar-refractivity contribution in [2.45, 2.75) is 56.9 Å². The Morgan fingerprint density at radius 3 is 2.62 bits per heavy atom. The van der Waals surface area contributed by atoms with E-state index in [1.165, 1.54) is 51.5 Å². The molecule has 1 aromatic carbocycles. The highest BCUT2D eigenvalue weighted by Crippen LogP contribution is 2.37. The van der Waals surface area contributed by atoms with Gasteiger partial charge >= 0.3 is 0 Å². The van der Waals surface area contributed by atoms with Crippen molar-refractivity contribution < 1.29 is 4.74 Å². The highest BCUT2D eigenvalue weighted by molar-refractivity contribution is 5.69. The summed E-state index contributed by atoms with van der Waals surface area (Å²) in [7, 11) is 1.72. The lowest BCUT2D eigenvalue weighted by molar-refractivity contribution is 0.118. The third kappa shape index (κ3) is 3.61. The molecular weight excluding hydrogens is 322 g/mol. The second kappa shape index (κ2) is 8.17. The predicted octanol–water partition coefficient (Wildman–Crippen LogP) is 4.66. The number of likely N-dealkylation sites (tertiary alicyclic amines) is 1. The second-order valence-electron chi connectivity index (χ2n) is 7.62. The Morgan fingerprint density at radius 1 is 0.962 bits per heavy atom. The molecule has 4 heteroatoms. The molecule has 0 amide bonds. The SMILES string of the molecule is COc1ccccc1-c1nccnc1C1CCCN(C2CCCCC2)C1. The lowest BCUT2D eigenvalue weighted by atomic mass is 9.87. The van der Waals surface area contributed by atoms with Crippen molar-refractivity contribution in [2.75, 3.05) is 20.2 Å². The molecule has 0 radical (unpaired) electrons. The zero-order valence-electron chi connectivity index (χ0n) is 15.7. The Morgan fingerprint density at radius 2 is 1.77 bits per heavy atom. The van der Waals surface area contributed by atoms with Crippen molar-refractivity contribution in [1.82, 2.24) is 14.9 Å². The van der Waals surface area contributed by atoms with Gasteiger partial charge in [0.15, 0.2) is 0 Å². The maximum atomic E-state index is 5.58. The summed E-state index contributed by atoms with van der Waals surface area (Å²) in [5.74, 6) is 1.33. The zero-order valence-corrected chi connectivity index (χ0v) is 15.7. The van der Waals surface area contributed by atoms with E-state index in [0.29, 0.717) is 5.92 Å². The topological polar surface area (TPSA) is 38.3 Å². The number of nitrogens with zero attached hydrogens (tertiary/aromatic N) is 3. The summed E-state index contributed by atoms with van der Waals surface area (Å²) >= 11 is 0. The van der Waals surface area contributed by atoms with E-state index in [2.05, 4.69) is 11.0 Å². The molecule has 4 nitrogen and oxygen atoms in total. The van der Waals surface area contributed by atoms with Gasteiger partial charge in [-0.1, -0.05) is 31.4 Å². The third-order valence-corrected chi connectivity index (χ3v) is 6.02. The van der Waals surface area contributed by atoms with Gasteiger partial charge in [-0.05, 0) is 44.4 Å². The van der Waals surface area contributed by atoms with Crippen molar-refractivity contribution in [3.63, 3.8) is 0 Å². The van der Waals surface area contributed by atoms with Crippen molar-refractivity contribution in [2.24, 2.45) is 0 Å². The zero-order chi connectivity index (χ0) is 17.8. The minimum Gasteiger partial charge on any atom is -0.496 e. The van der Waals surface area contributed by atoms with Crippen LogP contribution in [-0.2, 0) is 0 Å². The maximum Gasteiger partial charge on any atom is 0.128 e. The van der Waals surface area contributed by atoms with E-state index in [0.717, 1.165) is 35.3 Å². The van der Waals surface area contributed by atoms with Crippen LogP contribution < -0.4 is 4.74 Å². The number of piperidine rings is 1. The normalized spacial score (nSPS) is 22.3. The standard InChI is InChI=1S/C22H29N3O/c1-26-20-12-6-5-11-19(20)22-21(23-13-14-24-22)17-8-7-15-25(16-17)18-9-3-2-4-10-18/h5-6,11-14,17-18H,2-4,7-10,15-16H2,1H3. The molecule has 2 aromatic rings. The fourth-order valence-electron chi connectivity index (χ4n) is 4.70. The largest absolute Gasteiger partial charge is 0.496 e. The molecule has 2 aliphatic rings. The molecule has 1 saturated carbocycles. The molecule has 1 aliphatic heterocycles. The minimum absolute atomic E-state index is 0.458. The van der Waals surface area contributed by atoms with Gasteiger partial charge in [-0.15, -0.1) is 0 Å². The van der Waals surface area contributed by atoms with E-state index in [9.17, 15) is 0 Å². The van der Waals surface area contributed by atoms with Crippen LogP contribution in [0.1, 0.15) is 56.6 Å². The van der Waals surface area contributed by atoms with E-state index in [1.54, 1.807) is 13.3 Å². The predicted molar refractivity (Wildman–Crippen MR) is 104 cm³/mol. The van der Waals surface area contributed by atoms with Gasteiger partial charge in [0, 0.05) is 36.5 Å². The lowest BCUT2D eigenvalue weighted by Gasteiger charge is -2.40. The molecule has 4 rings (SSSR count). The van der Waals surface area contributed by atoms with Crippen molar-refractivity contribution >= 4 is 0 Å². The number of rotatable bonds is 4. The Hall–Kier alpha value is -1.94. The summed E-state index contributed by atoms with van der Waals surface area (Å²) in [6.07, 6.45) is 13.0. The third-order valence-electron chi connectivity index (χ3n) is 6.02. The van der Waals surface area contributed by atoms with Crippen LogP contribution in [0.5, 0.6) is 5.75 Å². The van der Waals surface area contributed by atoms with Crippen molar-refractivity contribution in [3.05, 3.63) is 42.4 Å². The number of aromatic nitrogens is 2. The Bertz CT molecular complexity index is 727. The monoisotopic (exact) mass is 351 g/mol. The molecule has 1 atom stereocenters. The number of ether oxygens (including phenoxy) is 1. The van der Waals surface area contributed by atoms with Gasteiger partial charge in [-0.3, -0.25) is 14.9 Å². The van der Waals surface area contributed by atoms with Crippen LogP contribution in [-0.4, -0.2) is 41.1 Å². The van der Waals surface area contributed by atoms with Gasteiger partial charge in [0.1, 0.15) is 5.75 Å². The van der Waals surface area contributed by atoms with Gasteiger partial charge in [-0.2, -0.15) is 0 Å². The average Bonchev–Trinajstić information content (AvgIpc) is 2.74. The first-order chi connectivity index (χ1) is 12.9. The quantitative estimate of drug-likeness (QED) is 0.803. The van der Waals surface area contributed by atoms with Crippen molar-refractivity contribution in [1.29, 1.82) is 0 Å². The summed E-state index contributed by atoms with van der Waals surface area (Å²) < 4.78 is 5.58. The smallest absolute Gasteiger partial charge is 0.128 e. The molecule has 0 spiro atoms. The molecule has 1 saturated heterocycles. The summed E-state index contributed by atoms with van der Waals surface area (Å²) in [5.41, 5.74) is 3.17. The van der Waals surface area contributed by atoms with Gasteiger partial charge < -0.3 is 4.74 Å².